The molecule has 1 atom stereocenters. The first-order valence-electron chi connectivity index (χ1n) is 7.09. The SMILES string of the molecule is CC(C)CN1CCC(NC(C)C(=O)N(C)C)CC1. The van der Waals surface area contributed by atoms with Crippen LogP contribution in [0.5, 0.6) is 0 Å². The van der Waals surface area contributed by atoms with Crippen LogP contribution in [0.4, 0.5) is 0 Å². The molecular weight excluding hydrogens is 226 g/mol. The van der Waals surface area contributed by atoms with Gasteiger partial charge in [-0.3, -0.25) is 4.79 Å². The largest absolute Gasteiger partial charge is 0.347 e. The Labute approximate surface area is 112 Å². The Morgan fingerprint density at radius 2 is 1.83 bits per heavy atom. The lowest BCUT2D eigenvalue weighted by Crippen LogP contribution is -2.50. The first kappa shape index (κ1) is 15.4. The van der Waals surface area contributed by atoms with E-state index in [1.54, 1.807) is 4.90 Å². The van der Waals surface area contributed by atoms with Crippen LogP contribution in [-0.2, 0) is 4.79 Å². The molecule has 106 valence electrons. The van der Waals surface area contributed by atoms with Crippen molar-refractivity contribution in [3.63, 3.8) is 0 Å². The molecule has 1 fully saturated rings. The van der Waals surface area contributed by atoms with E-state index in [9.17, 15) is 4.79 Å². The predicted molar refractivity (Wildman–Crippen MR) is 75.6 cm³/mol. The van der Waals surface area contributed by atoms with Crippen molar-refractivity contribution in [2.75, 3.05) is 33.7 Å². The van der Waals surface area contributed by atoms with E-state index < -0.39 is 0 Å². The summed E-state index contributed by atoms with van der Waals surface area (Å²) in [4.78, 5) is 16.0. The van der Waals surface area contributed by atoms with Gasteiger partial charge in [0.05, 0.1) is 6.04 Å². The lowest BCUT2D eigenvalue weighted by molar-refractivity contribution is -0.130. The molecule has 0 saturated carbocycles. The maximum atomic E-state index is 11.8. The fraction of sp³-hybridized carbons (Fsp3) is 0.929. The fourth-order valence-corrected chi connectivity index (χ4v) is 2.61. The second kappa shape index (κ2) is 7.10. The molecule has 0 aromatic carbocycles. The Morgan fingerprint density at radius 3 is 2.28 bits per heavy atom. The zero-order valence-electron chi connectivity index (χ0n) is 12.6. The van der Waals surface area contributed by atoms with E-state index in [0.29, 0.717) is 6.04 Å². The first-order chi connectivity index (χ1) is 8.40. The molecule has 1 rings (SSSR count). The molecule has 0 aliphatic carbocycles. The van der Waals surface area contributed by atoms with Crippen LogP contribution in [0.15, 0.2) is 0 Å². The van der Waals surface area contributed by atoms with Crippen molar-refractivity contribution in [3.8, 4) is 0 Å². The highest BCUT2D eigenvalue weighted by Gasteiger charge is 2.23. The highest BCUT2D eigenvalue weighted by atomic mass is 16.2. The van der Waals surface area contributed by atoms with Crippen LogP contribution < -0.4 is 5.32 Å². The maximum absolute atomic E-state index is 11.8. The number of likely N-dealkylation sites (tertiary alicyclic amines) is 1. The van der Waals surface area contributed by atoms with Gasteiger partial charge in [0.1, 0.15) is 0 Å². The van der Waals surface area contributed by atoms with Crippen molar-refractivity contribution in [2.24, 2.45) is 5.92 Å². The average Bonchev–Trinajstić information content (AvgIpc) is 2.29. The topological polar surface area (TPSA) is 35.6 Å². The second-order valence-corrected chi connectivity index (χ2v) is 6.09. The predicted octanol–water partition coefficient (Wildman–Crippen LogP) is 1.17. The van der Waals surface area contributed by atoms with Gasteiger partial charge in [-0.2, -0.15) is 0 Å². The summed E-state index contributed by atoms with van der Waals surface area (Å²) in [6.07, 6.45) is 2.30. The summed E-state index contributed by atoms with van der Waals surface area (Å²) in [6.45, 7) is 9.99. The van der Waals surface area contributed by atoms with Crippen LogP contribution in [0.2, 0.25) is 0 Å². The van der Waals surface area contributed by atoms with E-state index in [4.69, 9.17) is 0 Å². The number of nitrogens with zero attached hydrogens (tertiary/aromatic N) is 2. The summed E-state index contributed by atoms with van der Waals surface area (Å²) in [7, 11) is 3.62. The summed E-state index contributed by atoms with van der Waals surface area (Å²) >= 11 is 0. The van der Waals surface area contributed by atoms with Crippen LogP contribution in [0.1, 0.15) is 33.6 Å². The molecule has 18 heavy (non-hydrogen) atoms. The standard InChI is InChI=1S/C14H29N3O/c1-11(2)10-17-8-6-13(7-9-17)15-12(3)14(18)16(4)5/h11-13,15H,6-10H2,1-5H3. The summed E-state index contributed by atoms with van der Waals surface area (Å²) in [5.74, 6) is 0.906. The normalized spacial score (nSPS) is 20.1. The number of carbonyl (C=O) groups is 1. The number of hydrogen-bond donors (Lipinski definition) is 1. The molecule has 1 unspecified atom stereocenters. The van der Waals surface area contributed by atoms with E-state index in [1.807, 2.05) is 21.0 Å². The van der Waals surface area contributed by atoms with Crippen LogP contribution in [0.25, 0.3) is 0 Å². The highest BCUT2D eigenvalue weighted by Crippen LogP contribution is 2.12. The highest BCUT2D eigenvalue weighted by molar-refractivity contribution is 5.80. The molecule has 0 bridgehead atoms. The van der Waals surface area contributed by atoms with Crippen molar-refractivity contribution in [3.05, 3.63) is 0 Å². The Balaban J connectivity index is 2.29. The molecule has 1 amide bonds. The van der Waals surface area contributed by atoms with E-state index in [0.717, 1.165) is 31.8 Å². The number of likely N-dealkylation sites (N-methyl/N-ethyl adjacent to an activating group) is 1. The molecule has 0 aromatic rings. The fourth-order valence-electron chi connectivity index (χ4n) is 2.61. The average molecular weight is 255 g/mol. The summed E-state index contributed by atoms with van der Waals surface area (Å²) < 4.78 is 0. The molecular formula is C14H29N3O. The van der Waals surface area contributed by atoms with Gasteiger partial charge in [0.15, 0.2) is 0 Å². The van der Waals surface area contributed by atoms with E-state index in [2.05, 4.69) is 24.1 Å². The van der Waals surface area contributed by atoms with Crippen molar-refractivity contribution in [1.29, 1.82) is 0 Å². The molecule has 4 nitrogen and oxygen atoms in total. The monoisotopic (exact) mass is 255 g/mol. The van der Waals surface area contributed by atoms with Gasteiger partial charge in [0.2, 0.25) is 5.91 Å². The Bertz CT molecular complexity index is 258. The van der Waals surface area contributed by atoms with Gasteiger partial charge in [0.25, 0.3) is 0 Å². The van der Waals surface area contributed by atoms with E-state index >= 15 is 0 Å². The molecule has 1 heterocycles. The number of nitrogens with one attached hydrogen (secondary N) is 1. The number of piperidine rings is 1. The van der Waals surface area contributed by atoms with Crippen molar-refractivity contribution < 1.29 is 4.79 Å². The van der Waals surface area contributed by atoms with Gasteiger partial charge in [0, 0.05) is 26.7 Å². The Hall–Kier alpha value is -0.610. The lowest BCUT2D eigenvalue weighted by atomic mass is 10.0. The third-order valence-electron chi connectivity index (χ3n) is 3.51. The smallest absolute Gasteiger partial charge is 0.238 e. The van der Waals surface area contributed by atoms with Crippen LogP contribution >= 0.6 is 0 Å². The molecule has 1 aliphatic heterocycles. The molecule has 0 spiro atoms. The summed E-state index contributed by atoms with van der Waals surface area (Å²) in [6, 6.07) is 0.425. The second-order valence-electron chi connectivity index (χ2n) is 6.09. The third kappa shape index (κ3) is 4.94. The zero-order valence-corrected chi connectivity index (χ0v) is 12.6. The number of amides is 1. The van der Waals surface area contributed by atoms with Crippen molar-refractivity contribution in [2.45, 2.75) is 45.7 Å². The Kier molecular flexibility index (Phi) is 6.09. The summed E-state index contributed by atoms with van der Waals surface area (Å²) in [5.41, 5.74) is 0. The van der Waals surface area contributed by atoms with Crippen LogP contribution in [-0.4, -0.2) is 61.5 Å². The minimum absolute atomic E-state index is 0.0679. The van der Waals surface area contributed by atoms with Gasteiger partial charge in [-0.25, -0.2) is 0 Å². The number of rotatable bonds is 5. The molecule has 0 radical (unpaired) electrons. The third-order valence-corrected chi connectivity index (χ3v) is 3.51. The van der Waals surface area contributed by atoms with Crippen LogP contribution in [0.3, 0.4) is 0 Å². The molecule has 1 saturated heterocycles. The minimum atomic E-state index is -0.0679. The number of carbonyl (C=O) groups excluding carboxylic acids is 1. The van der Waals surface area contributed by atoms with Gasteiger partial charge in [-0.1, -0.05) is 13.8 Å². The van der Waals surface area contributed by atoms with Gasteiger partial charge in [-0.15, -0.1) is 0 Å². The first-order valence-corrected chi connectivity index (χ1v) is 7.09. The van der Waals surface area contributed by atoms with Gasteiger partial charge in [-0.05, 0) is 38.8 Å². The quantitative estimate of drug-likeness (QED) is 0.801. The van der Waals surface area contributed by atoms with E-state index in [-0.39, 0.29) is 11.9 Å². The minimum Gasteiger partial charge on any atom is -0.347 e. The Morgan fingerprint density at radius 1 is 1.28 bits per heavy atom. The molecule has 0 aromatic heterocycles. The van der Waals surface area contributed by atoms with E-state index in [1.165, 1.54) is 6.54 Å². The van der Waals surface area contributed by atoms with Crippen molar-refractivity contribution in [1.82, 2.24) is 15.1 Å². The number of hydrogen-bond acceptors (Lipinski definition) is 3. The molecule has 4 heteroatoms. The molecule has 1 aliphatic rings. The van der Waals surface area contributed by atoms with Gasteiger partial charge >= 0.3 is 0 Å². The summed E-state index contributed by atoms with van der Waals surface area (Å²) in [5, 5.41) is 3.46. The maximum Gasteiger partial charge on any atom is 0.238 e. The lowest BCUT2D eigenvalue weighted by Gasteiger charge is -2.34. The van der Waals surface area contributed by atoms with Gasteiger partial charge < -0.3 is 15.1 Å². The van der Waals surface area contributed by atoms with Crippen LogP contribution in [0, 0.1) is 5.92 Å². The molecule has 1 N–H and O–H groups in total. The zero-order chi connectivity index (χ0) is 13.7. The van der Waals surface area contributed by atoms with Crippen molar-refractivity contribution >= 4 is 5.91 Å².